The van der Waals surface area contributed by atoms with Gasteiger partial charge < -0.3 is 34.2 Å². The van der Waals surface area contributed by atoms with Crippen molar-refractivity contribution in [3.05, 3.63) is 103 Å². The van der Waals surface area contributed by atoms with Crippen LogP contribution in [0.5, 0.6) is 17.2 Å². The predicted molar refractivity (Wildman–Crippen MR) is 223 cm³/mol. The van der Waals surface area contributed by atoms with Gasteiger partial charge in [-0.05, 0) is 118 Å². The van der Waals surface area contributed by atoms with Gasteiger partial charge in [0.15, 0.2) is 0 Å². The highest BCUT2D eigenvalue weighted by molar-refractivity contribution is 6.03. The van der Waals surface area contributed by atoms with Gasteiger partial charge in [-0.25, -0.2) is 0 Å². The summed E-state index contributed by atoms with van der Waals surface area (Å²) in [7, 11) is 1.88. The Morgan fingerprint density at radius 3 is 2.30 bits per heavy atom. The van der Waals surface area contributed by atoms with Crippen LogP contribution in [-0.4, -0.2) is 71.0 Å². The number of unbranched alkanes of at least 4 members (excludes halogenated alkanes) is 2. The zero-order chi connectivity index (χ0) is 40.2. The van der Waals surface area contributed by atoms with Crippen molar-refractivity contribution in [2.75, 3.05) is 26.9 Å². The number of allylic oxidation sites excluding steroid dienone is 1. The molecule has 0 spiro atoms. The van der Waals surface area contributed by atoms with E-state index in [4.69, 9.17) is 24.2 Å². The number of nitrogens with zero attached hydrogens (tertiary/aromatic N) is 2. The summed E-state index contributed by atoms with van der Waals surface area (Å²) in [4.78, 5) is 22.1. The zero-order valence-corrected chi connectivity index (χ0v) is 34.1. The molecule has 1 heterocycles. The Morgan fingerprint density at radius 2 is 1.63 bits per heavy atom. The maximum absolute atomic E-state index is 14.0. The third kappa shape index (κ3) is 8.86. The van der Waals surface area contributed by atoms with E-state index >= 15 is 0 Å². The molecule has 3 aliphatic carbocycles. The van der Waals surface area contributed by atoms with Crippen LogP contribution in [0.3, 0.4) is 0 Å². The molecule has 1 amide bonds. The molecule has 4 aliphatic rings. The number of carbonyl (C=O) groups excluding carboxylic acids is 1. The van der Waals surface area contributed by atoms with E-state index < -0.39 is 17.4 Å². The summed E-state index contributed by atoms with van der Waals surface area (Å²) in [6.45, 7) is 10.5. The molecule has 0 bridgehead atoms. The van der Waals surface area contributed by atoms with Gasteiger partial charge >= 0.3 is 0 Å². The van der Waals surface area contributed by atoms with Crippen molar-refractivity contribution in [2.45, 2.75) is 102 Å². The third-order valence-electron chi connectivity index (χ3n) is 12.0. The summed E-state index contributed by atoms with van der Waals surface area (Å²) in [5.41, 5.74) is 4.58. The molecule has 2 N–H and O–H groups in total. The van der Waals surface area contributed by atoms with Crippen LogP contribution in [0, 0.1) is 23.7 Å². The lowest BCUT2D eigenvalue weighted by Crippen LogP contribution is -2.69. The molecule has 0 radical (unpaired) electrons. The maximum Gasteiger partial charge on any atom is 0.239 e. The topological polar surface area (TPSA) is 110 Å². The average Bonchev–Trinajstić information content (AvgIpc) is 4.06. The molecule has 0 aromatic heterocycles. The molecule has 6 unspecified atom stereocenters. The van der Waals surface area contributed by atoms with Crippen molar-refractivity contribution in [1.82, 2.24) is 4.90 Å². The Labute approximate surface area is 338 Å². The van der Waals surface area contributed by atoms with Gasteiger partial charge in [0.2, 0.25) is 11.7 Å². The second kappa shape index (κ2) is 17.6. The third-order valence-corrected chi connectivity index (χ3v) is 12.0. The molecule has 7 rings (SSSR count). The first-order valence-electron chi connectivity index (χ1n) is 20.9. The molecule has 9 heteroatoms. The van der Waals surface area contributed by atoms with E-state index in [0.29, 0.717) is 30.8 Å². The van der Waals surface area contributed by atoms with E-state index in [2.05, 4.69) is 43.0 Å². The Hall–Kier alpha value is -4.44. The van der Waals surface area contributed by atoms with Crippen molar-refractivity contribution < 1.29 is 34.1 Å². The molecule has 2 saturated carbocycles. The van der Waals surface area contributed by atoms with Crippen LogP contribution in [-0.2, 0) is 14.4 Å². The molecule has 304 valence electrons. The summed E-state index contributed by atoms with van der Waals surface area (Å²) in [5.74, 6) is 0.778. The standard InChI is InChI=1S/C48H60N2O7/c1-6-28-54-48-43(50(5)46(53)34-18-19-34)31-41(49-57-47(2,3)4)39-29-35(16-10-12-26-51)38(17-11-13-27-52)44(45(39)48)40-30-37(24-25-42(40)56-48)55-36-22-20-33(21-23-36)32-14-8-7-9-15-32/h6-9,14-15,20-25,29-30,34-35,38,43-45,51-52H,1,10-13,16-19,26-28,31H2,2-5H3. The Bertz CT molecular complexity index is 1910. The molecule has 2 fully saturated rings. The SMILES string of the molecule is C=CCOC12Oc3ccc(Oc4ccc(-c5ccccc5)cc4)cc3C3C(CCCCO)C(CCCCO)C=C(C(=NOC(C)(C)C)CC1N(C)C(=O)C1CC1)C32. The fraction of sp³-hybridized carbons (Fsp3) is 0.500. The average molecular weight is 777 g/mol. The minimum Gasteiger partial charge on any atom is -0.459 e. The van der Waals surface area contributed by atoms with Gasteiger partial charge in [0, 0.05) is 44.1 Å². The number of hydrogen-bond donors (Lipinski definition) is 2. The van der Waals surface area contributed by atoms with Crippen molar-refractivity contribution in [1.29, 1.82) is 0 Å². The van der Waals surface area contributed by atoms with E-state index in [9.17, 15) is 15.0 Å². The lowest BCUT2D eigenvalue weighted by Gasteiger charge is -2.59. The smallest absolute Gasteiger partial charge is 0.239 e. The highest BCUT2D eigenvalue weighted by Gasteiger charge is 2.65. The van der Waals surface area contributed by atoms with Crippen molar-refractivity contribution in [2.24, 2.45) is 28.8 Å². The Balaban J connectivity index is 1.38. The molecule has 1 aliphatic heterocycles. The monoisotopic (exact) mass is 776 g/mol. The summed E-state index contributed by atoms with van der Waals surface area (Å²) in [6, 6.07) is 24.0. The maximum atomic E-state index is 14.0. The van der Waals surface area contributed by atoms with Crippen LogP contribution in [0.15, 0.2) is 102 Å². The summed E-state index contributed by atoms with van der Waals surface area (Å²) >= 11 is 0. The van der Waals surface area contributed by atoms with E-state index in [-0.39, 0.29) is 55.3 Å². The van der Waals surface area contributed by atoms with Gasteiger partial charge in [0.1, 0.15) is 28.9 Å². The molecular formula is C48H60N2O7. The van der Waals surface area contributed by atoms with E-state index in [1.54, 1.807) is 6.08 Å². The van der Waals surface area contributed by atoms with Crippen LogP contribution in [0.1, 0.15) is 90.0 Å². The van der Waals surface area contributed by atoms with E-state index in [1.165, 1.54) is 0 Å². The van der Waals surface area contributed by atoms with Crippen molar-refractivity contribution in [3.63, 3.8) is 0 Å². The van der Waals surface area contributed by atoms with E-state index in [0.717, 1.165) is 72.2 Å². The lowest BCUT2D eigenvalue weighted by atomic mass is 9.55. The number of hydrogen-bond acceptors (Lipinski definition) is 8. The zero-order valence-electron chi connectivity index (χ0n) is 34.1. The number of fused-ring (bicyclic) bond motifs is 2. The molecule has 57 heavy (non-hydrogen) atoms. The Kier molecular flexibility index (Phi) is 12.6. The van der Waals surface area contributed by atoms with Crippen LogP contribution in [0.4, 0.5) is 0 Å². The predicted octanol–water partition coefficient (Wildman–Crippen LogP) is 9.45. The number of rotatable bonds is 17. The number of benzene rings is 3. The molecule has 9 nitrogen and oxygen atoms in total. The summed E-state index contributed by atoms with van der Waals surface area (Å²) in [6.07, 6.45) is 11.2. The van der Waals surface area contributed by atoms with Gasteiger partial charge in [0.05, 0.1) is 18.2 Å². The number of carbonyl (C=O) groups is 1. The van der Waals surface area contributed by atoms with Gasteiger partial charge in [-0.1, -0.05) is 72.6 Å². The first kappa shape index (κ1) is 40.7. The molecular weight excluding hydrogens is 717 g/mol. The van der Waals surface area contributed by atoms with Crippen LogP contribution >= 0.6 is 0 Å². The van der Waals surface area contributed by atoms with Gasteiger partial charge in [-0.15, -0.1) is 6.58 Å². The summed E-state index contributed by atoms with van der Waals surface area (Å²) in [5, 5.41) is 24.7. The van der Waals surface area contributed by atoms with Crippen LogP contribution < -0.4 is 9.47 Å². The first-order chi connectivity index (χ1) is 27.6. The second-order valence-electron chi connectivity index (χ2n) is 17.2. The van der Waals surface area contributed by atoms with Crippen molar-refractivity contribution in [3.8, 4) is 28.4 Å². The Morgan fingerprint density at radius 1 is 0.947 bits per heavy atom. The second-order valence-corrected chi connectivity index (χ2v) is 17.2. The number of ether oxygens (including phenoxy) is 3. The molecule has 3 aromatic rings. The normalized spacial score (nSPS) is 25.8. The van der Waals surface area contributed by atoms with Gasteiger partial charge in [-0.2, -0.15) is 0 Å². The van der Waals surface area contributed by atoms with Crippen molar-refractivity contribution >= 4 is 11.6 Å². The number of aliphatic hydroxyl groups is 2. The number of amides is 1. The summed E-state index contributed by atoms with van der Waals surface area (Å²) < 4.78 is 20.9. The minimum absolute atomic E-state index is 0.00348. The van der Waals surface area contributed by atoms with Gasteiger partial charge in [-0.3, -0.25) is 4.79 Å². The fourth-order valence-electron chi connectivity index (χ4n) is 9.24. The van der Waals surface area contributed by atoms with E-state index in [1.807, 2.05) is 75.2 Å². The number of oxime groups is 1. The number of likely N-dealkylation sites (N-methyl/N-ethyl adjacent to an activating group) is 1. The largest absolute Gasteiger partial charge is 0.459 e. The highest BCUT2D eigenvalue weighted by atomic mass is 16.7. The minimum atomic E-state index is -1.25. The molecule has 0 saturated heterocycles. The van der Waals surface area contributed by atoms with Crippen LogP contribution in [0.25, 0.3) is 11.1 Å². The number of aliphatic hydroxyl groups excluding tert-OH is 2. The fourth-order valence-corrected chi connectivity index (χ4v) is 9.24. The lowest BCUT2D eigenvalue weighted by molar-refractivity contribution is -0.256. The molecule has 6 atom stereocenters. The first-order valence-corrected chi connectivity index (χ1v) is 20.9. The molecule has 3 aromatic carbocycles. The van der Waals surface area contributed by atoms with Gasteiger partial charge in [0.25, 0.3) is 0 Å². The highest BCUT2D eigenvalue weighted by Crippen LogP contribution is 2.62. The van der Waals surface area contributed by atoms with Crippen LogP contribution in [0.2, 0.25) is 0 Å². The quantitative estimate of drug-likeness (QED) is 0.0799.